The van der Waals surface area contributed by atoms with Gasteiger partial charge in [0.05, 0.1) is 0 Å². The number of nitrogens with one attached hydrogen (secondary N) is 2. The molecule has 9 heteroatoms. The van der Waals surface area contributed by atoms with Crippen LogP contribution >= 0.6 is 0 Å². The molecule has 0 saturated heterocycles. The maximum atomic E-state index is 13.1. The Labute approximate surface area is 252 Å². The fourth-order valence-electron chi connectivity index (χ4n) is 5.28. The van der Waals surface area contributed by atoms with Crippen LogP contribution in [-0.4, -0.2) is 41.1 Å². The molecule has 1 aromatic heterocycles. The number of rotatable bonds is 11. The predicted molar refractivity (Wildman–Crippen MR) is 163 cm³/mol. The number of hydrogen-bond acceptors (Lipinski definition) is 7. The highest BCUT2D eigenvalue weighted by Gasteiger charge is 2.30. The zero-order chi connectivity index (χ0) is 30.2. The highest BCUT2D eigenvalue weighted by atomic mass is 16.6. The summed E-state index contributed by atoms with van der Waals surface area (Å²) in [5, 5.41) is 9.86. The van der Waals surface area contributed by atoms with Gasteiger partial charge >= 0.3 is 12.2 Å². The van der Waals surface area contributed by atoms with Crippen LogP contribution in [-0.2, 0) is 15.9 Å². The minimum atomic E-state index is -0.558. The van der Waals surface area contributed by atoms with E-state index in [-0.39, 0.29) is 12.5 Å². The summed E-state index contributed by atoms with van der Waals surface area (Å²) < 4.78 is 16.7. The molecule has 43 heavy (non-hydrogen) atoms. The molecule has 0 bridgehead atoms. The van der Waals surface area contributed by atoms with Gasteiger partial charge < -0.3 is 24.6 Å². The van der Waals surface area contributed by atoms with Crippen LogP contribution in [0.2, 0.25) is 0 Å². The number of carbonyl (C=O) groups is 2. The third kappa shape index (κ3) is 8.00. The fourth-order valence-corrected chi connectivity index (χ4v) is 5.28. The molecule has 1 aliphatic carbocycles. The van der Waals surface area contributed by atoms with Crippen LogP contribution in [0.25, 0.3) is 11.1 Å². The highest BCUT2D eigenvalue weighted by Crippen LogP contribution is 2.44. The number of benzene rings is 3. The third-order valence-corrected chi connectivity index (χ3v) is 7.21. The van der Waals surface area contributed by atoms with Crippen molar-refractivity contribution in [3.8, 4) is 11.1 Å². The molecule has 5 rings (SSSR count). The Balaban J connectivity index is 1.21. The smallest absolute Gasteiger partial charge is 0.407 e. The molecule has 1 atom stereocenters. The van der Waals surface area contributed by atoms with Crippen molar-refractivity contribution >= 4 is 12.2 Å². The number of fused-ring (bicyclic) bond motifs is 3. The number of alkyl carbamates (subject to hydrolysis) is 2. The fraction of sp³-hybridized carbons (Fsp3) is 0.353. The minimum absolute atomic E-state index is 0.0450. The summed E-state index contributed by atoms with van der Waals surface area (Å²) in [6, 6.07) is 25.8. The number of hydrogen-bond donors (Lipinski definition) is 2. The van der Waals surface area contributed by atoms with Gasteiger partial charge in [0.25, 0.3) is 0 Å². The second-order valence-corrected chi connectivity index (χ2v) is 11.7. The van der Waals surface area contributed by atoms with Crippen LogP contribution in [0.3, 0.4) is 0 Å². The molecule has 1 heterocycles. The topological polar surface area (TPSA) is 116 Å². The first-order chi connectivity index (χ1) is 20.8. The lowest BCUT2D eigenvalue weighted by Crippen LogP contribution is -2.33. The summed E-state index contributed by atoms with van der Waals surface area (Å²) in [5.74, 6) is 0.808. The number of unbranched alkanes of at least 4 members (excludes halogenated alkanes) is 1. The van der Waals surface area contributed by atoms with Crippen molar-refractivity contribution in [1.82, 2.24) is 20.8 Å². The molecule has 3 aromatic carbocycles. The molecule has 1 aliphatic rings. The zero-order valence-electron chi connectivity index (χ0n) is 24.8. The minimum Gasteiger partial charge on any atom is -0.449 e. The highest BCUT2D eigenvalue weighted by molar-refractivity contribution is 5.79. The van der Waals surface area contributed by atoms with Gasteiger partial charge in [0, 0.05) is 18.9 Å². The largest absolute Gasteiger partial charge is 0.449 e. The van der Waals surface area contributed by atoms with E-state index in [1.807, 2.05) is 75.4 Å². The summed E-state index contributed by atoms with van der Waals surface area (Å²) in [6.07, 6.45) is 1.38. The zero-order valence-corrected chi connectivity index (χ0v) is 24.8. The molecule has 224 valence electrons. The van der Waals surface area contributed by atoms with Crippen LogP contribution in [0.1, 0.15) is 80.4 Å². The standard InChI is InChI=1S/C34H38N4O5/c1-34(2,3)42-32(39)35-20-12-11-19-29(31-37-30(38-43-31)21-23-13-5-4-6-14-23)36-33(40)41-22-28-26-17-9-7-15-24(26)25-16-8-10-18-27(25)28/h4-10,13-18,28-29H,11-12,19-22H2,1-3H3,(H,35,39)(H,36,40)/t29-/m0/s1. The summed E-state index contributed by atoms with van der Waals surface area (Å²) in [6.45, 7) is 6.11. The Hall–Kier alpha value is -4.66. The maximum Gasteiger partial charge on any atom is 0.407 e. The Morgan fingerprint density at radius 2 is 1.53 bits per heavy atom. The van der Waals surface area contributed by atoms with Crippen LogP contribution in [0, 0.1) is 0 Å². The number of nitrogens with zero attached hydrogens (tertiary/aromatic N) is 2. The summed E-state index contributed by atoms with van der Waals surface area (Å²) in [5.41, 5.74) is 5.13. The van der Waals surface area contributed by atoms with E-state index < -0.39 is 23.8 Å². The van der Waals surface area contributed by atoms with Crippen molar-refractivity contribution < 1.29 is 23.6 Å². The Morgan fingerprint density at radius 1 is 0.884 bits per heavy atom. The first-order valence-electron chi connectivity index (χ1n) is 14.7. The molecule has 0 saturated carbocycles. The van der Waals surface area contributed by atoms with Crippen LogP contribution in [0.15, 0.2) is 83.4 Å². The number of ether oxygens (including phenoxy) is 2. The molecule has 0 radical (unpaired) electrons. The van der Waals surface area contributed by atoms with Crippen molar-refractivity contribution in [3.05, 3.63) is 107 Å². The van der Waals surface area contributed by atoms with E-state index in [1.165, 1.54) is 11.1 Å². The molecule has 0 fully saturated rings. The van der Waals surface area contributed by atoms with Gasteiger partial charge in [0.1, 0.15) is 18.2 Å². The van der Waals surface area contributed by atoms with Gasteiger partial charge in [-0.2, -0.15) is 4.98 Å². The van der Waals surface area contributed by atoms with Gasteiger partial charge in [0.2, 0.25) is 5.89 Å². The van der Waals surface area contributed by atoms with Crippen molar-refractivity contribution in [3.63, 3.8) is 0 Å². The van der Waals surface area contributed by atoms with E-state index in [0.717, 1.165) is 16.7 Å². The molecule has 0 spiro atoms. The predicted octanol–water partition coefficient (Wildman–Crippen LogP) is 6.94. The Kier molecular flexibility index (Phi) is 9.39. The van der Waals surface area contributed by atoms with E-state index in [4.69, 9.17) is 14.0 Å². The van der Waals surface area contributed by atoms with E-state index in [1.54, 1.807) is 0 Å². The molecule has 4 aromatic rings. The van der Waals surface area contributed by atoms with E-state index in [2.05, 4.69) is 45.0 Å². The van der Waals surface area contributed by atoms with Gasteiger partial charge in [0.15, 0.2) is 5.82 Å². The van der Waals surface area contributed by atoms with E-state index in [9.17, 15) is 9.59 Å². The lowest BCUT2D eigenvalue weighted by molar-refractivity contribution is 0.0527. The summed E-state index contributed by atoms with van der Waals surface area (Å²) >= 11 is 0. The Bertz CT molecular complexity index is 1480. The van der Waals surface area contributed by atoms with Gasteiger partial charge in [-0.1, -0.05) is 84.0 Å². The first-order valence-corrected chi connectivity index (χ1v) is 14.7. The van der Waals surface area contributed by atoms with Crippen molar-refractivity contribution in [2.24, 2.45) is 0 Å². The Morgan fingerprint density at radius 3 is 2.21 bits per heavy atom. The van der Waals surface area contributed by atoms with E-state index >= 15 is 0 Å². The maximum absolute atomic E-state index is 13.1. The summed E-state index contributed by atoms with van der Waals surface area (Å²) in [7, 11) is 0. The SMILES string of the molecule is CC(C)(C)OC(=O)NCCCC[C@H](NC(=O)OCC1c2ccccc2-c2ccccc21)c1nc(Cc2ccccc2)no1. The van der Waals surface area contributed by atoms with Gasteiger partial charge in [-0.25, -0.2) is 9.59 Å². The summed E-state index contributed by atoms with van der Waals surface area (Å²) in [4.78, 5) is 29.7. The average molecular weight is 583 g/mol. The molecule has 0 unspecified atom stereocenters. The number of amides is 2. The van der Waals surface area contributed by atoms with Crippen molar-refractivity contribution in [2.75, 3.05) is 13.2 Å². The molecule has 0 aliphatic heterocycles. The first kappa shape index (κ1) is 29.8. The normalized spacial score (nSPS) is 13.1. The van der Waals surface area contributed by atoms with Gasteiger partial charge in [-0.15, -0.1) is 0 Å². The number of carbonyl (C=O) groups excluding carboxylic acids is 2. The lowest BCUT2D eigenvalue weighted by atomic mass is 9.98. The number of aromatic nitrogens is 2. The monoisotopic (exact) mass is 582 g/mol. The van der Waals surface area contributed by atoms with Crippen LogP contribution < -0.4 is 10.6 Å². The average Bonchev–Trinajstić information content (AvgIpc) is 3.57. The third-order valence-electron chi connectivity index (χ3n) is 7.21. The van der Waals surface area contributed by atoms with Gasteiger partial charge in [-0.3, -0.25) is 0 Å². The second kappa shape index (κ2) is 13.5. The lowest BCUT2D eigenvalue weighted by Gasteiger charge is -2.20. The van der Waals surface area contributed by atoms with Gasteiger partial charge in [-0.05, 0) is 67.9 Å². The molecule has 2 N–H and O–H groups in total. The molecular formula is C34H38N4O5. The quantitative estimate of drug-likeness (QED) is 0.184. The van der Waals surface area contributed by atoms with E-state index in [0.29, 0.717) is 43.9 Å². The van der Waals surface area contributed by atoms with Crippen molar-refractivity contribution in [1.29, 1.82) is 0 Å². The van der Waals surface area contributed by atoms with Crippen molar-refractivity contribution in [2.45, 2.75) is 64.0 Å². The molecule has 9 nitrogen and oxygen atoms in total. The van der Waals surface area contributed by atoms with Crippen LogP contribution in [0.4, 0.5) is 9.59 Å². The molecule has 2 amide bonds. The van der Waals surface area contributed by atoms with Crippen LogP contribution in [0.5, 0.6) is 0 Å². The second-order valence-electron chi connectivity index (χ2n) is 11.7. The molecular weight excluding hydrogens is 544 g/mol.